The topological polar surface area (TPSA) is 30.5 Å². The smallest absolute Gasteiger partial charge is 0.161 e. The molecule has 3 rings (SSSR count). The summed E-state index contributed by atoms with van der Waals surface area (Å²) < 4.78 is 11.8. The highest BCUT2D eigenvalue weighted by molar-refractivity contribution is 5.39. The first kappa shape index (κ1) is 15.9. The summed E-state index contributed by atoms with van der Waals surface area (Å²) in [5.74, 6) is 2.69. The second-order valence-corrected chi connectivity index (χ2v) is 5.96. The van der Waals surface area contributed by atoms with Crippen molar-refractivity contribution >= 4 is 0 Å². The maximum atomic E-state index is 6.12. The average molecular weight is 311 g/mol. The van der Waals surface area contributed by atoms with Crippen molar-refractivity contribution in [2.45, 2.75) is 19.3 Å². The van der Waals surface area contributed by atoms with E-state index in [0.717, 1.165) is 31.0 Å². The van der Waals surface area contributed by atoms with Crippen LogP contribution < -0.4 is 14.8 Å². The van der Waals surface area contributed by atoms with Crippen molar-refractivity contribution in [1.82, 2.24) is 5.32 Å². The molecule has 1 fully saturated rings. The molecule has 1 N–H and O–H groups in total. The maximum absolute atomic E-state index is 6.12. The average Bonchev–Trinajstić information content (AvgIpc) is 2.62. The van der Waals surface area contributed by atoms with Crippen molar-refractivity contribution in [2.24, 2.45) is 5.92 Å². The van der Waals surface area contributed by atoms with Gasteiger partial charge in [-0.3, -0.25) is 0 Å². The van der Waals surface area contributed by atoms with Crippen LogP contribution in [0, 0.1) is 5.92 Å². The minimum atomic E-state index is 0.473. The molecule has 0 aromatic heterocycles. The van der Waals surface area contributed by atoms with Gasteiger partial charge in [-0.05, 0) is 43.5 Å². The van der Waals surface area contributed by atoms with Gasteiger partial charge in [0.2, 0.25) is 0 Å². The summed E-state index contributed by atoms with van der Waals surface area (Å²) in [6.07, 6.45) is 1.16. The lowest BCUT2D eigenvalue weighted by Crippen LogP contribution is -2.38. The van der Waals surface area contributed by atoms with Crippen LogP contribution in [-0.4, -0.2) is 26.3 Å². The van der Waals surface area contributed by atoms with Crippen molar-refractivity contribution in [2.75, 3.05) is 26.3 Å². The molecule has 2 atom stereocenters. The number of benzene rings is 2. The molecule has 1 saturated heterocycles. The van der Waals surface area contributed by atoms with E-state index in [-0.39, 0.29) is 0 Å². The van der Waals surface area contributed by atoms with Crippen LogP contribution in [0.5, 0.6) is 11.5 Å². The van der Waals surface area contributed by atoms with E-state index in [1.807, 2.05) is 31.2 Å². The van der Waals surface area contributed by atoms with Gasteiger partial charge in [-0.15, -0.1) is 0 Å². The maximum Gasteiger partial charge on any atom is 0.161 e. The first-order valence-corrected chi connectivity index (χ1v) is 8.48. The molecule has 0 saturated carbocycles. The Kier molecular flexibility index (Phi) is 5.54. The van der Waals surface area contributed by atoms with Crippen LogP contribution in [0.25, 0.3) is 0 Å². The Morgan fingerprint density at radius 1 is 0.957 bits per heavy atom. The molecule has 3 heteroatoms. The Morgan fingerprint density at radius 3 is 2.39 bits per heavy atom. The number of ether oxygens (including phenoxy) is 2. The molecule has 3 nitrogen and oxygen atoms in total. The third kappa shape index (κ3) is 4.05. The highest BCUT2D eigenvalue weighted by Gasteiger charge is 2.27. The first-order chi connectivity index (χ1) is 11.4. The van der Waals surface area contributed by atoms with E-state index in [1.165, 1.54) is 5.56 Å². The van der Waals surface area contributed by atoms with Crippen molar-refractivity contribution in [3.63, 3.8) is 0 Å². The molecule has 0 radical (unpaired) electrons. The fourth-order valence-electron chi connectivity index (χ4n) is 3.28. The Bertz CT molecular complexity index is 600. The molecular weight excluding hydrogens is 286 g/mol. The predicted molar refractivity (Wildman–Crippen MR) is 93.3 cm³/mol. The number of para-hydroxylation sites is 2. The van der Waals surface area contributed by atoms with Crippen molar-refractivity contribution in [1.29, 1.82) is 0 Å². The van der Waals surface area contributed by atoms with E-state index in [1.54, 1.807) is 0 Å². The van der Waals surface area contributed by atoms with Gasteiger partial charge in [0.1, 0.15) is 0 Å². The lowest BCUT2D eigenvalue weighted by Gasteiger charge is -2.32. The molecule has 122 valence electrons. The summed E-state index contributed by atoms with van der Waals surface area (Å²) in [6, 6.07) is 18.7. The summed E-state index contributed by atoms with van der Waals surface area (Å²) in [5.41, 5.74) is 1.42. The zero-order valence-electron chi connectivity index (χ0n) is 13.7. The number of hydrogen-bond donors (Lipinski definition) is 1. The Hall–Kier alpha value is -2.00. The summed E-state index contributed by atoms with van der Waals surface area (Å²) in [7, 11) is 0. The summed E-state index contributed by atoms with van der Waals surface area (Å²) in [4.78, 5) is 0. The second-order valence-electron chi connectivity index (χ2n) is 5.96. The van der Waals surface area contributed by atoms with E-state index < -0.39 is 0 Å². The summed E-state index contributed by atoms with van der Waals surface area (Å²) in [5, 5.41) is 3.50. The van der Waals surface area contributed by atoms with Gasteiger partial charge in [-0.2, -0.15) is 0 Å². The molecule has 2 aromatic rings. The molecule has 0 bridgehead atoms. The molecular formula is C20H25NO2. The van der Waals surface area contributed by atoms with Crippen LogP contribution in [0.1, 0.15) is 24.8 Å². The van der Waals surface area contributed by atoms with Crippen molar-refractivity contribution in [3.05, 3.63) is 60.2 Å². The minimum Gasteiger partial charge on any atom is -0.490 e. The van der Waals surface area contributed by atoms with Crippen LogP contribution in [0.3, 0.4) is 0 Å². The first-order valence-electron chi connectivity index (χ1n) is 8.48. The normalized spacial score (nSPS) is 20.9. The summed E-state index contributed by atoms with van der Waals surface area (Å²) in [6.45, 7) is 5.42. The van der Waals surface area contributed by atoms with Gasteiger partial charge in [-0.1, -0.05) is 42.5 Å². The van der Waals surface area contributed by atoms with E-state index in [2.05, 4.69) is 35.6 Å². The molecule has 1 aliphatic heterocycles. The fraction of sp³-hybridized carbons (Fsp3) is 0.400. The van der Waals surface area contributed by atoms with Gasteiger partial charge in [0, 0.05) is 12.5 Å². The van der Waals surface area contributed by atoms with E-state index >= 15 is 0 Å². The molecule has 0 spiro atoms. The van der Waals surface area contributed by atoms with Crippen LogP contribution in [-0.2, 0) is 0 Å². The minimum absolute atomic E-state index is 0.473. The zero-order chi connectivity index (χ0) is 15.9. The standard InChI is InChI=1S/C20H25NO2/c1-2-22-19-10-6-7-11-20(19)23-15-17-14-21-13-12-18(17)16-8-4-3-5-9-16/h3-11,17-18,21H,2,12-15H2,1H3. The van der Waals surface area contributed by atoms with Gasteiger partial charge >= 0.3 is 0 Å². The monoisotopic (exact) mass is 311 g/mol. The van der Waals surface area contributed by atoms with Gasteiger partial charge < -0.3 is 14.8 Å². The van der Waals surface area contributed by atoms with Crippen LogP contribution in [0.4, 0.5) is 0 Å². The van der Waals surface area contributed by atoms with E-state index in [9.17, 15) is 0 Å². The molecule has 2 unspecified atom stereocenters. The van der Waals surface area contributed by atoms with Crippen LogP contribution >= 0.6 is 0 Å². The molecule has 0 amide bonds. The molecule has 2 aromatic carbocycles. The third-order valence-electron chi connectivity index (χ3n) is 4.44. The SMILES string of the molecule is CCOc1ccccc1OCC1CNCCC1c1ccccc1. The zero-order valence-corrected chi connectivity index (χ0v) is 13.7. The fourth-order valence-corrected chi connectivity index (χ4v) is 3.28. The molecule has 1 aliphatic rings. The van der Waals surface area contributed by atoms with E-state index in [4.69, 9.17) is 9.47 Å². The third-order valence-corrected chi connectivity index (χ3v) is 4.44. The lowest BCUT2D eigenvalue weighted by atomic mass is 9.81. The van der Waals surface area contributed by atoms with Crippen molar-refractivity contribution in [3.8, 4) is 11.5 Å². The molecule has 1 heterocycles. The van der Waals surface area contributed by atoms with Crippen LogP contribution in [0.15, 0.2) is 54.6 Å². The Morgan fingerprint density at radius 2 is 1.65 bits per heavy atom. The number of hydrogen-bond acceptors (Lipinski definition) is 3. The Balaban J connectivity index is 1.68. The highest BCUT2D eigenvalue weighted by Crippen LogP contribution is 2.32. The van der Waals surface area contributed by atoms with Crippen molar-refractivity contribution < 1.29 is 9.47 Å². The molecule has 23 heavy (non-hydrogen) atoms. The predicted octanol–water partition coefficient (Wildman–Crippen LogP) is 3.86. The number of rotatable bonds is 6. The quantitative estimate of drug-likeness (QED) is 0.879. The highest BCUT2D eigenvalue weighted by atomic mass is 16.5. The van der Waals surface area contributed by atoms with Gasteiger partial charge in [-0.25, -0.2) is 0 Å². The largest absolute Gasteiger partial charge is 0.490 e. The second kappa shape index (κ2) is 8.02. The lowest BCUT2D eigenvalue weighted by molar-refractivity contribution is 0.189. The van der Waals surface area contributed by atoms with Gasteiger partial charge in [0.25, 0.3) is 0 Å². The Labute approximate surface area is 138 Å². The van der Waals surface area contributed by atoms with E-state index in [0.29, 0.717) is 25.0 Å². The summed E-state index contributed by atoms with van der Waals surface area (Å²) >= 11 is 0. The number of nitrogens with one attached hydrogen (secondary N) is 1. The molecule has 0 aliphatic carbocycles. The van der Waals surface area contributed by atoms with Gasteiger partial charge in [0.15, 0.2) is 11.5 Å². The van der Waals surface area contributed by atoms with Gasteiger partial charge in [0.05, 0.1) is 13.2 Å². The van der Waals surface area contributed by atoms with Crippen LogP contribution in [0.2, 0.25) is 0 Å². The number of piperidine rings is 1.